The van der Waals surface area contributed by atoms with Crippen molar-refractivity contribution in [3.05, 3.63) is 34.0 Å². The van der Waals surface area contributed by atoms with Crippen molar-refractivity contribution < 1.29 is 5.11 Å². The minimum atomic E-state index is -0.0389. The van der Waals surface area contributed by atoms with Gasteiger partial charge in [0.1, 0.15) is 22.4 Å². The van der Waals surface area contributed by atoms with E-state index in [9.17, 15) is 10.4 Å². The molecule has 0 aliphatic heterocycles. The summed E-state index contributed by atoms with van der Waals surface area (Å²) >= 11 is 8.61. The SMILES string of the molecule is N#C/C(=C(/O)CSc1nnnn1C1CC1)c1nc2cc(Cl)ccc2s1. The van der Waals surface area contributed by atoms with Crippen LogP contribution in [0, 0.1) is 11.3 Å². The Morgan fingerprint density at radius 3 is 3.08 bits per heavy atom. The Morgan fingerprint density at radius 2 is 2.32 bits per heavy atom. The van der Waals surface area contributed by atoms with Gasteiger partial charge in [-0.2, -0.15) is 5.26 Å². The minimum Gasteiger partial charge on any atom is -0.510 e. The average molecular weight is 391 g/mol. The third-order valence-corrected chi connectivity index (χ3v) is 5.89. The number of thiazole rings is 1. The highest BCUT2D eigenvalue weighted by molar-refractivity contribution is 7.99. The van der Waals surface area contributed by atoms with Crippen LogP contribution in [0.4, 0.5) is 0 Å². The van der Waals surface area contributed by atoms with Crippen molar-refractivity contribution in [2.45, 2.75) is 24.0 Å². The predicted molar refractivity (Wildman–Crippen MR) is 96.6 cm³/mol. The van der Waals surface area contributed by atoms with Crippen molar-refractivity contribution in [2.24, 2.45) is 0 Å². The summed E-state index contributed by atoms with van der Waals surface area (Å²) in [4.78, 5) is 4.41. The number of hydrogen-bond donors (Lipinski definition) is 1. The molecule has 0 atom stereocenters. The molecular weight excluding hydrogens is 380 g/mol. The lowest BCUT2D eigenvalue weighted by molar-refractivity contribution is 0.420. The normalized spacial score (nSPS) is 15.2. The monoisotopic (exact) mass is 390 g/mol. The van der Waals surface area contributed by atoms with Crippen LogP contribution in [0.3, 0.4) is 0 Å². The van der Waals surface area contributed by atoms with Crippen LogP contribution < -0.4 is 0 Å². The number of benzene rings is 1. The molecule has 4 rings (SSSR count). The van der Waals surface area contributed by atoms with Gasteiger partial charge in [0.2, 0.25) is 5.16 Å². The first-order valence-corrected chi connectivity index (χ1v) is 9.63. The fourth-order valence-corrected chi connectivity index (χ4v) is 4.23. The van der Waals surface area contributed by atoms with Crippen LogP contribution in [-0.4, -0.2) is 36.1 Å². The van der Waals surface area contributed by atoms with Crippen LogP contribution >= 0.6 is 34.7 Å². The van der Waals surface area contributed by atoms with Crippen LogP contribution in [0.15, 0.2) is 29.1 Å². The lowest BCUT2D eigenvalue weighted by atomic mass is 10.2. The number of rotatable bonds is 5. The molecule has 2 heterocycles. The van der Waals surface area contributed by atoms with Crippen molar-refractivity contribution in [2.75, 3.05) is 5.75 Å². The van der Waals surface area contributed by atoms with Gasteiger partial charge in [0, 0.05) is 5.02 Å². The predicted octanol–water partition coefficient (Wildman–Crippen LogP) is 3.86. The Bertz CT molecular complexity index is 1020. The number of aromatic nitrogens is 5. The first-order valence-electron chi connectivity index (χ1n) is 7.45. The molecule has 1 aliphatic rings. The largest absolute Gasteiger partial charge is 0.510 e. The molecular formula is C15H11ClN6OS2. The van der Waals surface area contributed by atoms with Gasteiger partial charge in [0.15, 0.2) is 0 Å². The highest BCUT2D eigenvalue weighted by atomic mass is 35.5. The van der Waals surface area contributed by atoms with Gasteiger partial charge < -0.3 is 5.11 Å². The van der Waals surface area contributed by atoms with Crippen LogP contribution in [0.25, 0.3) is 15.8 Å². The molecule has 1 fully saturated rings. The molecule has 25 heavy (non-hydrogen) atoms. The molecule has 10 heteroatoms. The molecule has 1 saturated carbocycles. The summed E-state index contributed by atoms with van der Waals surface area (Å²) in [5.41, 5.74) is 0.869. The topological polar surface area (TPSA) is 101 Å². The van der Waals surface area contributed by atoms with Crippen molar-refractivity contribution >= 4 is 50.5 Å². The number of aliphatic hydroxyl groups excluding tert-OH is 1. The van der Waals surface area contributed by atoms with E-state index in [1.54, 1.807) is 16.8 Å². The molecule has 126 valence electrons. The summed E-state index contributed by atoms with van der Waals surface area (Å²) in [6, 6.07) is 7.76. The Morgan fingerprint density at radius 1 is 1.48 bits per heavy atom. The second kappa shape index (κ2) is 6.63. The number of tetrazole rings is 1. The molecule has 7 nitrogen and oxygen atoms in total. The van der Waals surface area contributed by atoms with Gasteiger partial charge >= 0.3 is 0 Å². The lowest BCUT2D eigenvalue weighted by Gasteiger charge is -2.03. The second-order valence-corrected chi connectivity index (χ2v) is 7.90. The van der Waals surface area contributed by atoms with Gasteiger partial charge in [-0.15, -0.1) is 16.4 Å². The maximum atomic E-state index is 10.4. The summed E-state index contributed by atoms with van der Waals surface area (Å²) < 4.78 is 2.68. The number of allylic oxidation sites excluding steroid dienone is 1. The maximum Gasteiger partial charge on any atom is 0.210 e. The number of aliphatic hydroxyl groups is 1. The number of thioether (sulfide) groups is 1. The Kier molecular flexibility index (Phi) is 4.33. The van der Waals surface area contributed by atoms with E-state index in [4.69, 9.17) is 11.6 Å². The molecule has 0 spiro atoms. The van der Waals surface area contributed by atoms with Gasteiger partial charge in [0.05, 0.1) is 22.0 Å². The van der Waals surface area contributed by atoms with Gasteiger partial charge in [0.25, 0.3) is 0 Å². The molecule has 0 radical (unpaired) electrons. The second-order valence-electron chi connectivity index (χ2n) is 5.49. The first-order chi connectivity index (χ1) is 12.2. The summed E-state index contributed by atoms with van der Waals surface area (Å²) in [7, 11) is 0. The van der Waals surface area contributed by atoms with Gasteiger partial charge in [-0.1, -0.05) is 23.4 Å². The van der Waals surface area contributed by atoms with E-state index in [-0.39, 0.29) is 17.1 Å². The van der Waals surface area contributed by atoms with Crippen molar-refractivity contribution in [1.82, 2.24) is 25.2 Å². The number of nitrogens with zero attached hydrogens (tertiary/aromatic N) is 6. The summed E-state index contributed by atoms with van der Waals surface area (Å²) in [5, 5.41) is 33.2. The number of nitriles is 1. The van der Waals surface area contributed by atoms with Crippen LogP contribution in [0.1, 0.15) is 23.9 Å². The van der Waals surface area contributed by atoms with Gasteiger partial charge in [-0.3, -0.25) is 0 Å². The molecule has 3 aromatic rings. The molecule has 0 saturated heterocycles. The van der Waals surface area contributed by atoms with Crippen LogP contribution in [0.5, 0.6) is 0 Å². The molecule has 0 bridgehead atoms. The fraction of sp³-hybridized carbons (Fsp3) is 0.267. The molecule has 1 N–H and O–H groups in total. The molecule has 1 aliphatic carbocycles. The molecule has 0 unspecified atom stereocenters. The van der Waals surface area contributed by atoms with Gasteiger partial charge in [-0.25, -0.2) is 9.67 Å². The Labute approximate surface area is 155 Å². The smallest absolute Gasteiger partial charge is 0.210 e. The number of hydrogen-bond acceptors (Lipinski definition) is 8. The van der Waals surface area contributed by atoms with Crippen molar-refractivity contribution in [1.29, 1.82) is 5.26 Å². The zero-order chi connectivity index (χ0) is 17.4. The lowest BCUT2D eigenvalue weighted by Crippen LogP contribution is -2.00. The first kappa shape index (κ1) is 16.3. The Balaban J connectivity index is 1.59. The summed E-state index contributed by atoms with van der Waals surface area (Å²) in [6.07, 6.45) is 2.14. The number of halogens is 1. The fourth-order valence-electron chi connectivity index (χ4n) is 2.28. The highest BCUT2D eigenvalue weighted by Crippen LogP contribution is 2.37. The van der Waals surface area contributed by atoms with Gasteiger partial charge in [-0.05, 0) is 41.5 Å². The van der Waals surface area contributed by atoms with E-state index in [1.165, 1.54) is 23.1 Å². The van der Waals surface area contributed by atoms with Crippen LogP contribution in [0.2, 0.25) is 5.02 Å². The minimum absolute atomic E-state index is 0.0389. The third kappa shape index (κ3) is 3.33. The summed E-state index contributed by atoms with van der Waals surface area (Å²) in [5.74, 6) is 0.162. The average Bonchev–Trinajstić information content (AvgIpc) is 3.19. The zero-order valence-electron chi connectivity index (χ0n) is 12.8. The van der Waals surface area contributed by atoms with E-state index in [0.717, 1.165) is 17.5 Å². The highest BCUT2D eigenvalue weighted by Gasteiger charge is 2.28. The number of fused-ring (bicyclic) bond motifs is 1. The quantitative estimate of drug-likeness (QED) is 0.401. The Hall–Kier alpha value is -2.15. The molecule has 1 aromatic carbocycles. The molecule has 0 amide bonds. The van der Waals surface area contributed by atoms with Crippen molar-refractivity contribution in [3.8, 4) is 6.07 Å². The molecule has 2 aromatic heterocycles. The van der Waals surface area contributed by atoms with E-state index in [1.807, 2.05) is 12.1 Å². The van der Waals surface area contributed by atoms with Crippen molar-refractivity contribution in [3.63, 3.8) is 0 Å². The standard InChI is InChI=1S/C15H11ClN6OS2/c16-8-1-4-13-11(5-8)18-14(25-13)10(6-17)12(23)7-24-15-19-20-21-22(15)9-2-3-9/h1,4-5,9,23H,2-3,7H2/b12-10-. The van der Waals surface area contributed by atoms with E-state index >= 15 is 0 Å². The van der Waals surface area contributed by atoms with Crippen LogP contribution in [-0.2, 0) is 0 Å². The van der Waals surface area contributed by atoms with E-state index in [2.05, 4.69) is 20.5 Å². The maximum absolute atomic E-state index is 10.4. The zero-order valence-corrected chi connectivity index (χ0v) is 15.1. The van der Waals surface area contributed by atoms with E-state index < -0.39 is 0 Å². The van der Waals surface area contributed by atoms with E-state index in [0.29, 0.717) is 26.7 Å². The summed E-state index contributed by atoms with van der Waals surface area (Å²) in [6.45, 7) is 0. The third-order valence-electron chi connectivity index (χ3n) is 3.66.